The molecule has 1 aliphatic rings. The van der Waals surface area contributed by atoms with Gasteiger partial charge >= 0.3 is 0 Å². The number of halogens is 1. The van der Waals surface area contributed by atoms with Gasteiger partial charge in [-0.05, 0) is 59.7 Å². The molecule has 0 amide bonds. The summed E-state index contributed by atoms with van der Waals surface area (Å²) in [5.74, 6) is 0. The SMILES string of the molecule is O=[N+]([O-])c1ccc(-c2nc3ccc(-c4cccc(Cl)c4)cn3c2CN2CCN(S(=O)(=O)c3cccc4cccnc34)CC2)cc1. The van der Waals surface area contributed by atoms with Gasteiger partial charge in [-0.25, -0.2) is 13.4 Å². The molecule has 0 spiro atoms. The number of nitro benzene ring substituents is 1. The number of nitro groups is 1. The highest BCUT2D eigenvalue weighted by atomic mass is 35.5. The van der Waals surface area contributed by atoms with E-state index in [1.54, 1.807) is 36.5 Å². The van der Waals surface area contributed by atoms with E-state index >= 15 is 0 Å². The van der Waals surface area contributed by atoms with Crippen LogP contribution in [-0.4, -0.2) is 63.1 Å². The van der Waals surface area contributed by atoms with E-state index in [4.69, 9.17) is 16.6 Å². The summed E-state index contributed by atoms with van der Waals surface area (Å²) in [5, 5.41) is 12.7. The molecule has 0 bridgehead atoms. The van der Waals surface area contributed by atoms with Crippen LogP contribution in [0.1, 0.15) is 5.69 Å². The molecule has 45 heavy (non-hydrogen) atoms. The van der Waals surface area contributed by atoms with Crippen LogP contribution in [-0.2, 0) is 16.6 Å². The molecule has 12 heteroatoms. The second-order valence-electron chi connectivity index (χ2n) is 10.9. The maximum Gasteiger partial charge on any atom is 0.269 e. The molecule has 1 aliphatic heterocycles. The van der Waals surface area contributed by atoms with Crippen LogP contribution in [0.3, 0.4) is 0 Å². The highest BCUT2D eigenvalue weighted by molar-refractivity contribution is 7.89. The van der Waals surface area contributed by atoms with Crippen molar-refractivity contribution in [2.45, 2.75) is 11.4 Å². The fourth-order valence-electron chi connectivity index (χ4n) is 5.82. The highest BCUT2D eigenvalue weighted by Gasteiger charge is 2.31. The molecule has 4 heterocycles. The predicted molar refractivity (Wildman–Crippen MR) is 174 cm³/mol. The number of non-ortho nitro benzene ring substituents is 1. The summed E-state index contributed by atoms with van der Waals surface area (Å²) in [6.45, 7) is 2.17. The van der Waals surface area contributed by atoms with Gasteiger partial charge in [0, 0.05) is 73.2 Å². The van der Waals surface area contributed by atoms with E-state index in [1.165, 1.54) is 16.4 Å². The van der Waals surface area contributed by atoms with Crippen molar-refractivity contribution < 1.29 is 13.3 Å². The van der Waals surface area contributed by atoms with Crippen molar-refractivity contribution >= 4 is 43.9 Å². The Morgan fingerprint density at radius 2 is 1.58 bits per heavy atom. The minimum absolute atomic E-state index is 0.00559. The quantitative estimate of drug-likeness (QED) is 0.149. The molecular weight excluding hydrogens is 612 g/mol. The number of imidazole rings is 1. The summed E-state index contributed by atoms with van der Waals surface area (Å²) in [5.41, 5.74) is 5.49. The first-order chi connectivity index (χ1) is 21.8. The van der Waals surface area contributed by atoms with E-state index in [-0.39, 0.29) is 10.6 Å². The number of benzene rings is 3. The molecule has 1 fully saturated rings. The Kier molecular flexibility index (Phi) is 7.54. The molecule has 0 saturated carbocycles. The Balaban J connectivity index is 1.20. The molecule has 3 aromatic carbocycles. The fourth-order valence-corrected chi connectivity index (χ4v) is 7.60. The Morgan fingerprint density at radius 1 is 0.844 bits per heavy atom. The summed E-state index contributed by atoms with van der Waals surface area (Å²) < 4.78 is 31.0. The summed E-state index contributed by atoms with van der Waals surface area (Å²) >= 11 is 6.28. The van der Waals surface area contributed by atoms with Crippen LogP contribution in [0.25, 0.3) is 38.9 Å². The smallest absolute Gasteiger partial charge is 0.269 e. The summed E-state index contributed by atoms with van der Waals surface area (Å²) in [4.78, 5) is 22.6. The largest absolute Gasteiger partial charge is 0.301 e. The number of nitrogens with zero attached hydrogens (tertiary/aromatic N) is 6. The number of hydrogen-bond acceptors (Lipinski definition) is 7. The third-order valence-electron chi connectivity index (χ3n) is 8.15. The van der Waals surface area contributed by atoms with Gasteiger partial charge in [-0.1, -0.05) is 41.9 Å². The van der Waals surface area contributed by atoms with Gasteiger partial charge in [0.15, 0.2) is 0 Å². The number of fused-ring (bicyclic) bond motifs is 2. The molecule has 6 aromatic rings. The van der Waals surface area contributed by atoms with Gasteiger partial charge in [0.25, 0.3) is 5.69 Å². The molecule has 0 aliphatic carbocycles. The van der Waals surface area contributed by atoms with Gasteiger partial charge in [0.2, 0.25) is 10.0 Å². The number of pyridine rings is 2. The lowest BCUT2D eigenvalue weighted by molar-refractivity contribution is -0.384. The maximum absolute atomic E-state index is 13.7. The first-order valence-corrected chi connectivity index (χ1v) is 16.2. The van der Waals surface area contributed by atoms with Crippen LogP contribution >= 0.6 is 11.6 Å². The number of hydrogen-bond donors (Lipinski definition) is 0. The number of rotatable bonds is 7. The van der Waals surface area contributed by atoms with Gasteiger partial charge in [-0.3, -0.25) is 20.0 Å². The van der Waals surface area contributed by atoms with E-state index in [1.807, 2.05) is 59.1 Å². The lowest BCUT2D eigenvalue weighted by atomic mass is 10.1. The van der Waals surface area contributed by atoms with Crippen molar-refractivity contribution in [2.75, 3.05) is 26.2 Å². The molecular formula is C33H27ClN6O4S. The monoisotopic (exact) mass is 638 g/mol. The molecule has 0 atom stereocenters. The van der Waals surface area contributed by atoms with Gasteiger partial charge in [0.1, 0.15) is 10.5 Å². The average molecular weight is 639 g/mol. The zero-order valence-corrected chi connectivity index (χ0v) is 25.5. The van der Waals surface area contributed by atoms with Crippen LogP contribution in [0.5, 0.6) is 0 Å². The van der Waals surface area contributed by atoms with Crippen LogP contribution in [0.4, 0.5) is 5.69 Å². The summed E-state index contributed by atoms with van der Waals surface area (Å²) in [6, 6.07) is 26.8. The maximum atomic E-state index is 13.7. The molecule has 226 valence electrons. The normalized spacial score (nSPS) is 14.7. The molecule has 10 nitrogen and oxygen atoms in total. The fraction of sp³-hybridized carbons (Fsp3) is 0.152. The van der Waals surface area contributed by atoms with E-state index in [0.29, 0.717) is 49.0 Å². The van der Waals surface area contributed by atoms with Crippen LogP contribution < -0.4 is 0 Å². The van der Waals surface area contributed by atoms with E-state index in [0.717, 1.165) is 33.4 Å². The second-order valence-corrected chi connectivity index (χ2v) is 13.2. The first-order valence-electron chi connectivity index (χ1n) is 14.4. The average Bonchev–Trinajstić information content (AvgIpc) is 3.42. The number of aromatic nitrogens is 3. The van der Waals surface area contributed by atoms with Crippen molar-refractivity contribution in [3.63, 3.8) is 0 Å². The van der Waals surface area contributed by atoms with Gasteiger partial charge < -0.3 is 4.40 Å². The molecule has 7 rings (SSSR count). The van der Waals surface area contributed by atoms with Crippen molar-refractivity contribution in [1.29, 1.82) is 0 Å². The van der Waals surface area contributed by atoms with Gasteiger partial charge in [-0.2, -0.15) is 4.31 Å². The molecule has 0 radical (unpaired) electrons. The Labute approximate surface area is 264 Å². The van der Waals surface area contributed by atoms with Crippen LogP contribution in [0, 0.1) is 10.1 Å². The topological polar surface area (TPSA) is 114 Å². The third-order valence-corrected chi connectivity index (χ3v) is 10.3. The second kappa shape index (κ2) is 11.7. The number of piperazine rings is 1. The van der Waals surface area contributed by atoms with Crippen molar-refractivity contribution in [2.24, 2.45) is 0 Å². The van der Waals surface area contributed by atoms with Crippen molar-refractivity contribution in [3.05, 3.63) is 124 Å². The Morgan fingerprint density at radius 3 is 2.33 bits per heavy atom. The summed E-state index contributed by atoms with van der Waals surface area (Å²) in [6.07, 6.45) is 3.63. The lowest BCUT2D eigenvalue weighted by Gasteiger charge is -2.34. The standard InChI is InChI=1S/C33H27ClN6O4S/c34-27-7-1-5-25(20-27)26-11-14-31-36-32(24-9-12-28(13-10-24)40(41)42)29(39(31)21-26)22-37-16-18-38(19-17-37)45(43,44)30-8-2-4-23-6-3-15-35-33(23)30/h1-15,20-21H,16-19,22H2. The van der Waals surface area contributed by atoms with E-state index < -0.39 is 14.9 Å². The van der Waals surface area contributed by atoms with Gasteiger partial charge in [0.05, 0.1) is 21.8 Å². The Hall–Kier alpha value is -4.68. The van der Waals surface area contributed by atoms with E-state index in [2.05, 4.69) is 9.88 Å². The van der Waals surface area contributed by atoms with Gasteiger partial charge in [-0.15, -0.1) is 0 Å². The van der Waals surface area contributed by atoms with Crippen LogP contribution in [0.2, 0.25) is 5.02 Å². The number of para-hydroxylation sites is 1. The predicted octanol–water partition coefficient (Wildman–Crippen LogP) is 6.28. The van der Waals surface area contributed by atoms with E-state index in [9.17, 15) is 18.5 Å². The zero-order chi connectivity index (χ0) is 31.1. The molecule has 1 saturated heterocycles. The third kappa shape index (κ3) is 5.55. The molecule has 3 aromatic heterocycles. The molecule has 0 unspecified atom stereocenters. The minimum atomic E-state index is -3.75. The van der Waals surface area contributed by atoms with Crippen LogP contribution in [0.15, 0.2) is 108 Å². The zero-order valence-electron chi connectivity index (χ0n) is 24.0. The van der Waals surface area contributed by atoms with Crippen molar-refractivity contribution in [1.82, 2.24) is 23.6 Å². The Bertz CT molecular complexity index is 2170. The summed E-state index contributed by atoms with van der Waals surface area (Å²) in [7, 11) is -3.75. The van der Waals surface area contributed by atoms with Crippen molar-refractivity contribution in [3.8, 4) is 22.4 Å². The minimum Gasteiger partial charge on any atom is -0.301 e. The number of sulfonamides is 1. The highest BCUT2D eigenvalue weighted by Crippen LogP contribution is 2.31. The molecule has 0 N–H and O–H groups in total. The lowest BCUT2D eigenvalue weighted by Crippen LogP contribution is -2.48. The first kappa shape index (κ1) is 29.1.